The summed E-state index contributed by atoms with van der Waals surface area (Å²) in [7, 11) is 1.69. The first-order valence-electron chi connectivity index (χ1n) is 9.74. The van der Waals surface area contributed by atoms with E-state index in [0.29, 0.717) is 19.2 Å². The molecule has 3 N–H and O–H groups in total. The van der Waals surface area contributed by atoms with Gasteiger partial charge in [-0.25, -0.2) is 0 Å². The van der Waals surface area contributed by atoms with Gasteiger partial charge in [0.25, 0.3) is 0 Å². The molecule has 1 fully saturated rings. The molecule has 8 heteroatoms. The minimum absolute atomic E-state index is 0. The molecule has 1 unspecified atom stereocenters. The molecule has 0 radical (unpaired) electrons. The van der Waals surface area contributed by atoms with Crippen LogP contribution in [-0.4, -0.2) is 57.9 Å². The predicted molar refractivity (Wildman–Crippen MR) is 124 cm³/mol. The van der Waals surface area contributed by atoms with Gasteiger partial charge in [0.15, 0.2) is 5.96 Å². The number of rotatable bonds is 10. The van der Waals surface area contributed by atoms with Crippen molar-refractivity contribution in [1.29, 1.82) is 0 Å². The van der Waals surface area contributed by atoms with Crippen LogP contribution in [0.15, 0.2) is 29.3 Å². The number of benzene rings is 1. The van der Waals surface area contributed by atoms with Crippen LogP contribution >= 0.6 is 24.0 Å². The van der Waals surface area contributed by atoms with Crippen molar-refractivity contribution in [3.05, 3.63) is 29.8 Å². The average molecular weight is 504 g/mol. The van der Waals surface area contributed by atoms with Gasteiger partial charge in [0.1, 0.15) is 0 Å². The summed E-state index contributed by atoms with van der Waals surface area (Å²) < 4.78 is 11.1. The fourth-order valence-electron chi connectivity index (χ4n) is 2.83. The number of nitrogens with zero attached hydrogens (tertiary/aromatic N) is 1. The highest BCUT2D eigenvalue weighted by Crippen LogP contribution is 2.12. The summed E-state index contributed by atoms with van der Waals surface area (Å²) in [4.78, 5) is 16.2. The van der Waals surface area contributed by atoms with Crippen molar-refractivity contribution in [3.63, 3.8) is 0 Å². The zero-order chi connectivity index (χ0) is 19.3. The Morgan fingerprint density at radius 3 is 2.93 bits per heavy atom. The fourth-order valence-corrected chi connectivity index (χ4v) is 2.83. The van der Waals surface area contributed by atoms with Crippen LogP contribution in [0.1, 0.15) is 31.7 Å². The standard InChI is InChI=1S/C20H32N4O3.HI/c1-3-16-7-4-8-17(13-16)24-19(25)14-23-20(21-2)22-10-6-11-26-15-18-9-5-12-27-18;/h4,7-8,13,18H,3,5-6,9-12,14-15H2,1-2H3,(H,24,25)(H2,21,22,23);1H. The van der Waals surface area contributed by atoms with E-state index in [2.05, 4.69) is 27.9 Å². The maximum absolute atomic E-state index is 12.1. The topological polar surface area (TPSA) is 84.0 Å². The molecule has 1 atom stereocenters. The second-order valence-corrected chi connectivity index (χ2v) is 6.52. The van der Waals surface area contributed by atoms with Crippen molar-refractivity contribution >= 4 is 41.5 Å². The van der Waals surface area contributed by atoms with Gasteiger partial charge in [-0.15, -0.1) is 24.0 Å². The maximum atomic E-state index is 12.1. The summed E-state index contributed by atoms with van der Waals surface area (Å²) in [6.45, 7) is 5.18. The Morgan fingerprint density at radius 1 is 1.36 bits per heavy atom. The van der Waals surface area contributed by atoms with Crippen LogP contribution < -0.4 is 16.0 Å². The average Bonchev–Trinajstić information content (AvgIpc) is 3.20. The number of hydrogen-bond acceptors (Lipinski definition) is 4. The van der Waals surface area contributed by atoms with Gasteiger partial charge in [-0.3, -0.25) is 9.79 Å². The minimum Gasteiger partial charge on any atom is -0.379 e. The van der Waals surface area contributed by atoms with E-state index in [4.69, 9.17) is 9.47 Å². The lowest BCUT2D eigenvalue weighted by atomic mass is 10.1. The number of nitrogens with one attached hydrogen (secondary N) is 3. The number of amides is 1. The number of carbonyl (C=O) groups is 1. The van der Waals surface area contributed by atoms with Crippen molar-refractivity contribution in [2.75, 3.05) is 45.3 Å². The van der Waals surface area contributed by atoms with Crippen LogP contribution in [0.5, 0.6) is 0 Å². The fraction of sp³-hybridized carbons (Fsp3) is 0.600. The monoisotopic (exact) mass is 504 g/mol. The van der Waals surface area contributed by atoms with Crippen molar-refractivity contribution in [1.82, 2.24) is 10.6 Å². The van der Waals surface area contributed by atoms with E-state index in [-0.39, 0.29) is 42.5 Å². The number of hydrogen-bond donors (Lipinski definition) is 3. The number of carbonyl (C=O) groups excluding carboxylic acids is 1. The molecule has 1 aliphatic rings. The third-order valence-corrected chi connectivity index (χ3v) is 4.34. The summed E-state index contributed by atoms with van der Waals surface area (Å²) in [5.74, 6) is 0.498. The molecule has 1 heterocycles. The van der Waals surface area contributed by atoms with Crippen molar-refractivity contribution in [3.8, 4) is 0 Å². The number of guanidine groups is 1. The zero-order valence-electron chi connectivity index (χ0n) is 16.8. The second kappa shape index (κ2) is 14.6. The number of anilines is 1. The van der Waals surface area contributed by atoms with Gasteiger partial charge in [-0.2, -0.15) is 0 Å². The molecule has 1 amide bonds. The Hall–Kier alpha value is -1.39. The van der Waals surface area contributed by atoms with Crippen molar-refractivity contribution in [2.45, 2.75) is 38.7 Å². The first-order chi connectivity index (χ1) is 13.2. The van der Waals surface area contributed by atoms with E-state index in [1.807, 2.05) is 24.3 Å². The molecule has 0 aliphatic carbocycles. The Morgan fingerprint density at radius 2 is 2.21 bits per heavy atom. The molecule has 0 spiro atoms. The lowest BCUT2D eigenvalue weighted by Gasteiger charge is -2.13. The lowest BCUT2D eigenvalue weighted by Crippen LogP contribution is -2.41. The SMILES string of the molecule is CCc1cccc(NC(=O)CNC(=NC)NCCCOCC2CCCO2)c1.I. The Balaban J connectivity index is 0.00000392. The highest BCUT2D eigenvalue weighted by molar-refractivity contribution is 14.0. The number of halogens is 1. The third kappa shape index (κ3) is 9.70. The van der Waals surface area contributed by atoms with E-state index in [1.165, 1.54) is 5.56 Å². The first kappa shape index (κ1) is 24.6. The molecule has 158 valence electrons. The van der Waals surface area contributed by atoms with Gasteiger partial charge >= 0.3 is 0 Å². The van der Waals surface area contributed by atoms with Crippen LogP contribution in [0.4, 0.5) is 5.69 Å². The van der Waals surface area contributed by atoms with Crippen molar-refractivity contribution in [2.24, 2.45) is 4.99 Å². The van der Waals surface area contributed by atoms with Gasteiger partial charge < -0.3 is 25.4 Å². The summed E-state index contributed by atoms with van der Waals surface area (Å²) in [6.07, 6.45) is 4.30. The molecular formula is C20H33IN4O3. The van der Waals surface area contributed by atoms with Gasteiger partial charge in [-0.1, -0.05) is 19.1 Å². The Kier molecular flexibility index (Phi) is 12.8. The smallest absolute Gasteiger partial charge is 0.243 e. The largest absolute Gasteiger partial charge is 0.379 e. The van der Waals surface area contributed by atoms with Gasteiger partial charge in [0, 0.05) is 32.5 Å². The normalized spacial score (nSPS) is 16.4. The molecule has 1 saturated heterocycles. The third-order valence-electron chi connectivity index (χ3n) is 4.34. The summed E-state index contributed by atoms with van der Waals surface area (Å²) >= 11 is 0. The number of aliphatic imine (C=N–C) groups is 1. The molecule has 1 aromatic rings. The summed E-state index contributed by atoms with van der Waals surface area (Å²) in [6, 6.07) is 7.87. The molecule has 0 aromatic heterocycles. The molecule has 0 saturated carbocycles. The molecule has 7 nitrogen and oxygen atoms in total. The van der Waals surface area contributed by atoms with E-state index in [9.17, 15) is 4.79 Å². The molecule has 28 heavy (non-hydrogen) atoms. The molecule has 1 aliphatic heterocycles. The van der Waals surface area contributed by atoms with Gasteiger partial charge in [0.2, 0.25) is 5.91 Å². The zero-order valence-corrected chi connectivity index (χ0v) is 19.2. The lowest BCUT2D eigenvalue weighted by molar-refractivity contribution is -0.115. The van der Waals surface area contributed by atoms with E-state index in [0.717, 1.165) is 44.5 Å². The van der Waals surface area contributed by atoms with Crippen LogP contribution in [0, 0.1) is 0 Å². The second-order valence-electron chi connectivity index (χ2n) is 6.52. The van der Waals surface area contributed by atoms with Gasteiger partial charge in [0.05, 0.1) is 19.3 Å². The minimum atomic E-state index is -0.105. The van der Waals surface area contributed by atoms with Crippen LogP contribution in [-0.2, 0) is 20.7 Å². The quantitative estimate of drug-likeness (QED) is 0.198. The first-order valence-corrected chi connectivity index (χ1v) is 9.74. The molecular weight excluding hydrogens is 471 g/mol. The summed E-state index contributed by atoms with van der Waals surface area (Å²) in [5, 5.41) is 9.09. The predicted octanol–water partition coefficient (Wildman–Crippen LogP) is 2.56. The molecule has 2 rings (SSSR count). The molecule has 0 bridgehead atoms. The Labute approximate surface area is 185 Å². The van der Waals surface area contributed by atoms with Crippen LogP contribution in [0.3, 0.4) is 0 Å². The van der Waals surface area contributed by atoms with Gasteiger partial charge in [-0.05, 0) is 43.4 Å². The Bertz CT molecular complexity index is 607. The van der Waals surface area contributed by atoms with Crippen LogP contribution in [0.2, 0.25) is 0 Å². The van der Waals surface area contributed by atoms with Crippen molar-refractivity contribution < 1.29 is 14.3 Å². The molecule has 1 aromatic carbocycles. The highest BCUT2D eigenvalue weighted by Gasteiger charge is 2.14. The maximum Gasteiger partial charge on any atom is 0.243 e. The van der Waals surface area contributed by atoms with E-state index < -0.39 is 0 Å². The van der Waals surface area contributed by atoms with E-state index >= 15 is 0 Å². The number of aryl methyl sites for hydroxylation is 1. The number of ether oxygens (including phenoxy) is 2. The highest BCUT2D eigenvalue weighted by atomic mass is 127. The van der Waals surface area contributed by atoms with E-state index in [1.54, 1.807) is 7.05 Å². The summed E-state index contributed by atoms with van der Waals surface area (Å²) in [5.41, 5.74) is 2.01. The van der Waals surface area contributed by atoms with Crippen LogP contribution in [0.25, 0.3) is 0 Å².